The summed E-state index contributed by atoms with van der Waals surface area (Å²) in [4.78, 5) is 0.391. The standard InChI is InChI=1S/C14H22N2O3S/c1-3-19-10-9-16-20(17,18)13-7-6-11(2)14-12(13)5-4-8-15-14/h6-7,15-16H,3-5,8-10H2,1-2H3. The van der Waals surface area contributed by atoms with E-state index in [1.54, 1.807) is 6.07 Å². The van der Waals surface area contributed by atoms with Crippen molar-refractivity contribution in [1.82, 2.24) is 4.72 Å². The average Bonchev–Trinajstić information content (AvgIpc) is 2.44. The lowest BCUT2D eigenvalue weighted by molar-refractivity contribution is 0.153. The van der Waals surface area contributed by atoms with Gasteiger partial charge in [0, 0.05) is 25.4 Å². The van der Waals surface area contributed by atoms with Crippen LogP contribution in [0.15, 0.2) is 17.0 Å². The summed E-state index contributed by atoms with van der Waals surface area (Å²) in [7, 11) is -3.47. The summed E-state index contributed by atoms with van der Waals surface area (Å²) in [5, 5.41) is 3.30. The van der Waals surface area contributed by atoms with Gasteiger partial charge in [0.2, 0.25) is 10.0 Å². The highest BCUT2D eigenvalue weighted by molar-refractivity contribution is 7.89. The van der Waals surface area contributed by atoms with Crippen LogP contribution in [0.4, 0.5) is 5.69 Å². The van der Waals surface area contributed by atoms with Gasteiger partial charge in [0.25, 0.3) is 0 Å². The Balaban J connectivity index is 2.23. The van der Waals surface area contributed by atoms with E-state index >= 15 is 0 Å². The van der Waals surface area contributed by atoms with Crippen LogP contribution in [0, 0.1) is 6.92 Å². The van der Waals surface area contributed by atoms with Gasteiger partial charge >= 0.3 is 0 Å². The molecule has 6 heteroatoms. The quantitative estimate of drug-likeness (QED) is 0.784. The number of sulfonamides is 1. The maximum absolute atomic E-state index is 12.4. The number of hydrogen-bond acceptors (Lipinski definition) is 4. The second-order valence-electron chi connectivity index (χ2n) is 4.86. The van der Waals surface area contributed by atoms with Gasteiger partial charge in [-0.1, -0.05) is 6.07 Å². The molecule has 20 heavy (non-hydrogen) atoms. The van der Waals surface area contributed by atoms with Gasteiger partial charge in [-0.15, -0.1) is 0 Å². The molecule has 0 bridgehead atoms. The lowest BCUT2D eigenvalue weighted by atomic mass is 10.00. The normalized spacial score (nSPS) is 14.7. The zero-order chi connectivity index (χ0) is 14.6. The second-order valence-corrected chi connectivity index (χ2v) is 6.59. The minimum Gasteiger partial charge on any atom is -0.385 e. The number of ether oxygens (including phenoxy) is 1. The first-order valence-electron chi connectivity index (χ1n) is 7.00. The third-order valence-corrected chi connectivity index (χ3v) is 4.96. The van der Waals surface area contributed by atoms with Crippen molar-refractivity contribution >= 4 is 15.7 Å². The molecule has 0 aliphatic carbocycles. The summed E-state index contributed by atoms with van der Waals surface area (Å²) in [6, 6.07) is 3.55. The topological polar surface area (TPSA) is 67.4 Å². The van der Waals surface area contributed by atoms with E-state index in [0.717, 1.165) is 36.2 Å². The molecule has 1 heterocycles. The van der Waals surface area contributed by atoms with Crippen molar-refractivity contribution in [2.24, 2.45) is 0 Å². The number of anilines is 1. The van der Waals surface area contributed by atoms with Crippen LogP contribution in [0.2, 0.25) is 0 Å². The first kappa shape index (κ1) is 15.3. The van der Waals surface area contributed by atoms with E-state index < -0.39 is 10.0 Å². The largest absolute Gasteiger partial charge is 0.385 e. The van der Waals surface area contributed by atoms with Gasteiger partial charge < -0.3 is 10.1 Å². The molecule has 0 saturated heterocycles. The Labute approximate surface area is 120 Å². The summed E-state index contributed by atoms with van der Waals surface area (Å²) < 4.78 is 32.5. The molecule has 0 amide bonds. The first-order valence-corrected chi connectivity index (χ1v) is 8.48. The molecule has 0 saturated carbocycles. The second kappa shape index (κ2) is 6.56. The van der Waals surface area contributed by atoms with E-state index in [0.29, 0.717) is 24.7 Å². The Hall–Kier alpha value is -1.11. The number of fused-ring (bicyclic) bond motifs is 1. The zero-order valence-corrected chi connectivity index (χ0v) is 12.8. The van der Waals surface area contributed by atoms with Crippen molar-refractivity contribution in [3.05, 3.63) is 23.3 Å². The van der Waals surface area contributed by atoms with Gasteiger partial charge in [0.05, 0.1) is 11.5 Å². The first-order chi connectivity index (χ1) is 9.56. The van der Waals surface area contributed by atoms with Gasteiger partial charge in [-0.05, 0) is 43.9 Å². The van der Waals surface area contributed by atoms with Crippen LogP contribution < -0.4 is 10.0 Å². The van der Waals surface area contributed by atoms with Crippen LogP contribution >= 0.6 is 0 Å². The molecule has 0 atom stereocenters. The van der Waals surface area contributed by atoms with Gasteiger partial charge in [-0.25, -0.2) is 13.1 Å². The number of hydrogen-bond donors (Lipinski definition) is 2. The molecule has 0 unspecified atom stereocenters. The van der Waals surface area contributed by atoms with Crippen molar-refractivity contribution in [2.75, 3.05) is 31.6 Å². The fraction of sp³-hybridized carbons (Fsp3) is 0.571. The monoisotopic (exact) mass is 298 g/mol. The average molecular weight is 298 g/mol. The van der Waals surface area contributed by atoms with Gasteiger partial charge in [0.1, 0.15) is 0 Å². The fourth-order valence-corrected chi connectivity index (χ4v) is 3.72. The van der Waals surface area contributed by atoms with Crippen LogP contribution in [-0.2, 0) is 21.2 Å². The van der Waals surface area contributed by atoms with Gasteiger partial charge in [0.15, 0.2) is 0 Å². The fourth-order valence-electron chi connectivity index (χ4n) is 2.44. The maximum Gasteiger partial charge on any atom is 0.240 e. The molecular formula is C14H22N2O3S. The molecule has 2 N–H and O–H groups in total. The highest BCUT2D eigenvalue weighted by Crippen LogP contribution is 2.31. The molecule has 1 aromatic carbocycles. The van der Waals surface area contributed by atoms with Crippen molar-refractivity contribution in [2.45, 2.75) is 31.6 Å². The lowest BCUT2D eigenvalue weighted by Crippen LogP contribution is -2.29. The van der Waals surface area contributed by atoms with E-state index in [9.17, 15) is 8.42 Å². The minimum atomic E-state index is -3.47. The molecule has 0 spiro atoms. The summed E-state index contributed by atoms with van der Waals surface area (Å²) in [6.45, 7) is 6.06. The van der Waals surface area contributed by atoms with Crippen LogP contribution in [0.5, 0.6) is 0 Å². The number of benzene rings is 1. The van der Waals surface area contributed by atoms with Crippen molar-refractivity contribution in [3.63, 3.8) is 0 Å². The van der Waals surface area contributed by atoms with Gasteiger partial charge in [-0.2, -0.15) is 0 Å². The molecule has 1 aliphatic heterocycles. The predicted molar refractivity (Wildman–Crippen MR) is 79.7 cm³/mol. The third-order valence-electron chi connectivity index (χ3n) is 3.42. The molecule has 5 nitrogen and oxygen atoms in total. The summed E-state index contributed by atoms with van der Waals surface area (Å²) in [5.41, 5.74) is 2.97. The number of aryl methyl sites for hydroxylation is 1. The van der Waals surface area contributed by atoms with E-state index in [2.05, 4.69) is 10.0 Å². The Morgan fingerprint density at radius 3 is 2.95 bits per heavy atom. The van der Waals surface area contributed by atoms with Crippen molar-refractivity contribution in [1.29, 1.82) is 0 Å². The molecule has 0 fully saturated rings. The smallest absolute Gasteiger partial charge is 0.240 e. The molecule has 1 aliphatic rings. The molecule has 0 aromatic heterocycles. The summed E-state index contributed by atoms with van der Waals surface area (Å²) in [6.07, 6.45) is 1.75. The van der Waals surface area contributed by atoms with Crippen LogP contribution in [-0.4, -0.2) is 34.7 Å². The van der Waals surface area contributed by atoms with Crippen molar-refractivity contribution < 1.29 is 13.2 Å². The maximum atomic E-state index is 12.4. The SMILES string of the molecule is CCOCCNS(=O)(=O)c1ccc(C)c2c1CCCN2. The van der Waals surface area contributed by atoms with Crippen molar-refractivity contribution in [3.8, 4) is 0 Å². The third kappa shape index (κ3) is 3.31. The zero-order valence-electron chi connectivity index (χ0n) is 12.0. The summed E-state index contributed by atoms with van der Waals surface area (Å²) >= 11 is 0. The molecule has 1 aromatic rings. The molecule has 2 rings (SSSR count). The van der Waals surface area contributed by atoms with E-state index in [4.69, 9.17) is 4.74 Å². The molecular weight excluding hydrogens is 276 g/mol. The van der Waals surface area contributed by atoms with E-state index in [1.165, 1.54) is 0 Å². The Morgan fingerprint density at radius 2 is 2.20 bits per heavy atom. The Morgan fingerprint density at radius 1 is 1.40 bits per heavy atom. The highest BCUT2D eigenvalue weighted by atomic mass is 32.2. The van der Waals surface area contributed by atoms with Crippen LogP contribution in [0.25, 0.3) is 0 Å². The number of rotatable bonds is 6. The Kier molecular flexibility index (Phi) is 5.01. The van der Waals surface area contributed by atoms with Gasteiger partial charge in [-0.3, -0.25) is 0 Å². The van der Waals surface area contributed by atoms with E-state index in [1.807, 2.05) is 19.9 Å². The van der Waals surface area contributed by atoms with Crippen LogP contribution in [0.3, 0.4) is 0 Å². The van der Waals surface area contributed by atoms with Crippen LogP contribution in [0.1, 0.15) is 24.5 Å². The summed E-state index contributed by atoms with van der Waals surface area (Å²) in [5.74, 6) is 0. The number of nitrogens with one attached hydrogen (secondary N) is 2. The molecule has 0 radical (unpaired) electrons. The minimum absolute atomic E-state index is 0.298. The predicted octanol–water partition coefficient (Wildman–Crippen LogP) is 1.67. The Bertz CT molecular complexity index is 570. The lowest BCUT2D eigenvalue weighted by Gasteiger charge is -2.23. The highest BCUT2D eigenvalue weighted by Gasteiger charge is 2.23. The van der Waals surface area contributed by atoms with E-state index in [-0.39, 0.29) is 0 Å². The molecule has 112 valence electrons.